The van der Waals surface area contributed by atoms with E-state index < -0.39 is 0 Å². The monoisotopic (exact) mass is 169 g/mol. The maximum Gasteiger partial charge on any atom is 0.0218 e. The van der Waals surface area contributed by atoms with Crippen molar-refractivity contribution in [2.24, 2.45) is 0 Å². The summed E-state index contributed by atoms with van der Waals surface area (Å²) in [6.45, 7) is 2.61. The van der Waals surface area contributed by atoms with Gasteiger partial charge in [-0.1, -0.05) is 0 Å². The zero-order valence-corrected chi connectivity index (χ0v) is 4.40. The summed E-state index contributed by atoms with van der Waals surface area (Å²) in [6, 6.07) is 0. The predicted octanol–water partition coefficient (Wildman–Crippen LogP) is 0.652. The predicted molar refractivity (Wildman–Crippen MR) is 25.6 cm³/mol. The van der Waals surface area contributed by atoms with Crippen molar-refractivity contribution in [2.45, 2.75) is 0 Å². The molecule has 1 rings (SSSR count). The third-order valence-electron chi connectivity index (χ3n) is 0.393. The molecule has 4 heavy (non-hydrogen) atoms. The minimum Gasteiger partial charge on any atom is -0.245 e. The topological polar surface area (TPSA) is 3.01 Å². The fourth-order valence-corrected chi connectivity index (χ4v) is 0.254. The van der Waals surface area contributed by atoms with E-state index in [0.717, 1.165) is 0 Å². The van der Waals surface area contributed by atoms with Crippen LogP contribution in [0.1, 0.15) is 0 Å². The minimum absolute atomic E-state index is 1.31. The fraction of sp³-hybridized carbons (Fsp3) is 1.00. The molecule has 0 N–H and O–H groups in total. The summed E-state index contributed by atoms with van der Waals surface area (Å²) in [6.07, 6.45) is 0. The molecule has 0 aromatic rings. The summed E-state index contributed by atoms with van der Waals surface area (Å²) >= 11 is 2.29. The molecule has 1 heterocycles. The molecule has 1 nitrogen and oxygen atoms in total. The van der Waals surface area contributed by atoms with Crippen molar-refractivity contribution in [3.05, 3.63) is 0 Å². The highest BCUT2D eigenvalue weighted by molar-refractivity contribution is 14.1. The molecule has 0 atom stereocenters. The number of rotatable bonds is 0. The zero-order chi connectivity index (χ0) is 2.99. The van der Waals surface area contributed by atoms with Gasteiger partial charge in [0.15, 0.2) is 0 Å². The van der Waals surface area contributed by atoms with E-state index in [1.165, 1.54) is 13.1 Å². The van der Waals surface area contributed by atoms with E-state index >= 15 is 0 Å². The first kappa shape index (κ1) is 2.90. The van der Waals surface area contributed by atoms with E-state index in [1.807, 2.05) is 0 Å². The van der Waals surface area contributed by atoms with Crippen LogP contribution in [0, 0.1) is 0 Å². The molecule has 1 aliphatic heterocycles. The maximum atomic E-state index is 2.29. The molecule has 1 saturated heterocycles. The quantitative estimate of drug-likeness (QED) is 0.292. The molecule has 0 saturated carbocycles. The third-order valence-corrected chi connectivity index (χ3v) is 1.36. The Balaban J connectivity index is 2.17. The highest BCUT2D eigenvalue weighted by Gasteiger charge is 2.10. The molecule has 0 aliphatic carbocycles. The largest absolute Gasteiger partial charge is 0.245 e. The molecule has 0 bridgehead atoms. The molecule has 0 aromatic carbocycles. The average molecular weight is 169 g/mol. The molecule has 0 spiro atoms. The van der Waals surface area contributed by atoms with Gasteiger partial charge >= 0.3 is 0 Å². The van der Waals surface area contributed by atoms with Gasteiger partial charge in [0.1, 0.15) is 0 Å². The standard InChI is InChI=1S/C2H4IN/c3-4-1-2-4/h1-2H2. The first-order chi connectivity index (χ1) is 1.89. The normalized spacial score (nSPS) is 26.2. The van der Waals surface area contributed by atoms with Gasteiger partial charge in [-0.15, -0.1) is 0 Å². The SMILES string of the molecule is IN1CC1. The van der Waals surface area contributed by atoms with Crippen molar-refractivity contribution in [3.63, 3.8) is 0 Å². The van der Waals surface area contributed by atoms with Gasteiger partial charge in [-0.2, -0.15) is 0 Å². The average Bonchev–Trinajstić information content (AvgIpc) is 1.75. The summed E-state index contributed by atoms with van der Waals surface area (Å²) in [4.78, 5) is 0. The lowest BCUT2D eigenvalue weighted by atomic mass is 11.0. The lowest BCUT2D eigenvalue weighted by molar-refractivity contribution is 1.03. The van der Waals surface area contributed by atoms with Crippen LogP contribution in [-0.4, -0.2) is 16.2 Å². The number of hydrogen-bond donors (Lipinski definition) is 0. The second-order valence-corrected chi connectivity index (χ2v) is 2.27. The zero-order valence-electron chi connectivity index (χ0n) is 2.24. The highest BCUT2D eigenvalue weighted by Crippen LogP contribution is 2.08. The van der Waals surface area contributed by atoms with E-state index in [0.29, 0.717) is 0 Å². The summed E-state index contributed by atoms with van der Waals surface area (Å²) in [5, 5.41) is 0. The van der Waals surface area contributed by atoms with Crippen LogP contribution in [0.3, 0.4) is 0 Å². The molecule has 24 valence electrons. The summed E-state index contributed by atoms with van der Waals surface area (Å²) in [5.74, 6) is 0. The Morgan fingerprint density at radius 1 is 1.50 bits per heavy atom. The molecule has 0 aromatic heterocycles. The van der Waals surface area contributed by atoms with E-state index in [9.17, 15) is 0 Å². The van der Waals surface area contributed by atoms with Crippen LogP contribution in [0.5, 0.6) is 0 Å². The summed E-state index contributed by atoms with van der Waals surface area (Å²) in [7, 11) is 0. The third kappa shape index (κ3) is 0.564. The first-order valence-corrected chi connectivity index (χ1v) is 2.27. The summed E-state index contributed by atoms with van der Waals surface area (Å²) in [5.41, 5.74) is 0. The van der Waals surface area contributed by atoms with Crippen molar-refractivity contribution in [3.8, 4) is 0 Å². The second kappa shape index (κ2) is 0.825. The maximum absolute atomic E-state index is 2.29. The van der Waals surface area contributed by atoms with E-state index in [4.69, 9.17) is 0 Å². The van der Waals surface area contributed by atoms with Gasteiger partial charge in [0.2, 0.25) is 0 Å². The number of nitrogens with zero attached hydrogens (tertiary/aromatic N) is 1. The van der Waals surface area contributed by atoms with Crippen LogP contribution >= 0.6 is 22.9 Å². The fourth-order valence-electron chi connectivity index (χ4n) is 0.0378. The second-order valence-electron chi connectivity index (χ2n) is 0.910. The van der Waals surface area contributed by atoms with Crippen LogP contribution < -0.4 is 0 Å². The van der Waals surface area contributed by atoms with E-state index in [-0.39, 0.29) is 0 Å². The Hall–Kier alpha value is 0.690. The Kier molecular flexibility index (Phi) is 0.599. The molecule has 0 unspecified atom stereocenters. The van der Waals surface area contributed by atoms with Crippen LogP contribution in [-0.2, 0) is 0 Å². The first-order valence-electron chi connectivity index (χ1n) is 1.30. The molecule has 0 amide bonds. The minimum atomic E-state index is 1.31. The van der Waals surface area contributed by atoms with Gasteiger partial charge < -0.3 is 0 Å². The van der Waals surface area contributed by atoms with Crippen LogP contribution in [0.25, 0.3) is 0 Å². The molecule has 2 heteroatoms. The van der Waals surface area contributed by atoms with Crippen molar-refractivity contribution in [1.29, 1.82) is 0 Å². The molecule has 0 radical (unpaired) electrons. The number of halogens is 1. The van der Waals surface area contributed by atoms with Gasteiger partial charge in [-0.25, -0.2) is 3.11 Å². The van der Waals surface area contributed by atoms with Gasteiger partial charge in [0, 0.05) is 36.0 Å². The van der Waals surface area contributed by atoms with Gasteiger partial charge in [0.25, 0.3) is 0 Å². The van der Waals surface area contributed by atoms with Gasteiger partial charge in [-0.05, 0) is 0 Å². The van der Waals surface area contributed by atoms with Crippen LogP contribution in [0.2, 0.25) is 0 Å². The van der Waals surface area contributed by atoms with Crippen molar-refractivity contribution in [1.82, 2.24) is 3.11 Å². The van der Waals surface area contributed by atoms with Crippen LogP contribution in [0.4, 0.5) is 0 Å². The summed E-state index contributed by atoms with van der Waals surface area (Å²) < 4.78 is 2.22. The Labute approximate surface area is 39.5 Å². The lowest BCUT2D eigenvalue weighted by Crippen LogP contribution is -1.57. The Morgan fingerprint density at radius 3 is 1.75 bits per heavy atom. The van der Waals surface area contributed by atoms with E-state index in [2.05, 4.69) is 26.0 Å². The van der Waals surface area contributed by atoms with Gasteiger partial charge in [-0.3, -0.25) is 0 Å². The van der Waals surface area contributed by atoms with Crippen molar-refractivity contribution < 1.29 is 0 Å². The molecule has 1 fully saturated rings. The van der Waals surface area contributed by atoms with Gasteiger partial charge in [0.05, 0.1) is 0 Å². The lowest BCUT2D eigenvalue weighted by Gasteiger charge is -1.61. The molecule has 1 aliphatic rings. The highest BCUT2D eigenvalue weighted by atomic mass is 127. The van der Waals surface area contributed by atoms with Crippen LogP contribution in [0.15, 0.2) is 0 Å². The van der Waals surface area contributed by atoms with Crippen molar-refractivity contribution in [2.75, 3.05) is 13.1 Å². The Morgan fingerprint density at radius 2 is 1.75 bits per heavy atom. The molecular formula is C2H4IN. The van der Waals surface area contributed by atoms with E-state index in [1.54, 1.807) is 0 Å². The molecular weight excluding hydrogens is 165 g/mol. The Bertz CT molecular complexity index is 25.2. The number of hydrogen-bond acceptors (Lipinski definition) is 1. The smallest absolute Gasteiger partial charge is 0.0218 e. The van der Waals surface area contributed by atoms with Crippen molar-refractivity contribution >= 4 is 22.9 Å².